The van der Waals surface area contributed by atoms with Gasteiger partial charge in [0.25, 0.3) is 0 Å². The molecular weight excluding hydrogens is 118 g/mol. The van der Waals surface area contributed by atoms with E-state index in [-0.39, 0.29) is 12.2 Å². The van der Waals surface area contributed by atoms with Gasteiger partial charge < -0.3 is 4.74 Å². The molecule has 1 aliphatic heterocycles. The van der Waals surface area contributed by atoms with Gasteiger partial charge in [0.2, 0.25) is 0 Å². The van der Waals surface area contributed by atoms with Gasteiger partial charge in [0.15, 0.2) is 6.23 Å². The van der Waals surface area contributed by atoms with Gasteiger partial charge in [0, 0.05) is 18.9 Å². The second-order valence-electron chi connectivity index (χ2n) is 2.70. The van der Waals surface area contributed by atoms with Gasteiger partial charge >= 0.3 is 5.97 Å². The molecule has 1 aliphatic carbocycles. The summed E-state index contributed by atoms with van der Waals surface area (Å²) in [5.74, 6) is 0.465. The molecule has 0 aromatic rings. The lowest BCUT2D eigenvalue weighted by atomic mass is 10.2. The lowest BCUT2D eigenvalue weighted by Gasteiger charge is -2.25. The Morgan fingerprint density at radius 2 is 2.56 bits per heavy atom. The minimum Gasteiger partial charge on any atom is -0.446 e. The Hall–Kier alpha value is -0.570. The van der Waals surface area contributed by atoms with Crippen LogP contribution in [0.1, 0.15) is 13.3 Å². The third-order valence-electron chi connectivity index (χ3n) is 1.90. The van der Waals surface area contributed by atoms with Gasteiger partial charge in [-0.1, -0.05) is 0 Å². The monoisotopic (exact) mass is 127 g/mol. The second kappa shape index (κ2) is 1.48. The quantitative estimate of drug-likeness (QED) is 0.498. The summed E-state index contributed by atoms with van der Waals surface area (Å²) < 4.78 is 4.89. The predicted octanol–water partition coefficient (Wildman–Crippen LogP) is -0.133. The Balaban J connectivity index is 1.81. The maximum absolute atomic E-state index is 10.3. The molecule has 2 rings (SSSR count). The zero-order valence-corrected chi connectivity index (χ0v) is 5.26. The number of rotatable bonds is 1. The van der Waals surface area contributed by atoms with Crippen LogP contribution in [0.3, 0.4) is 0 Å². The number of carbonyl (C=O) groups is 1. The van der Waals surface area contributed by atoms with Crippen molar-refractivity contribution in [1.82, 2.24) is 5.32 Å². The highest BCUT2D eigenvalue weighted by Crippen LogP contribution is 2.43. The van der Waals surface area contributed by atoms with E-state index in [0.29, 0.717) is 12.0 Å². The van der Waals surface area contributed by atoms with Gasteiger partial charge in [-0.05, 0) is 6.42 Å². The number of hydrogen-bond acceptors (Lipinski definition) is 3. The van der Waals surface area contributed by atoms with E-state index < -0.39 is 0 Å². The molecule has 1 N–H and O–H groups in total. The molecular formula is C6H9NO2. The standard InChI is InChI=1S/C6H9NO2/c1-3(8)9-6-4-2-5(4)7-6/h4-7H,2H2,1H3. The molecule has 0 aromatic carbocycles. The van der Waals surface area contributed by atoms with E-state index in [1.807, 2.05) is 0 Å². The Labute approximate surface area is 53.4 Å². The molecule has 1 saturated heterocycles. The first kappa shape index (κ1) is 5.23. The first-order valence-electron chi connectivity index (χ1n) is 3.20. The fraction of sp³-hybridized carbons (Fsp3) is 0.833. The summed E-state index contributed by atoms with van der Waals surface area (Å²) in [6, 6.07) is 0.675. The molecule has 9 heavy (non-hydrogen) atoms. The van der Waals surface area contributed by atoms with Crippen molar-refractivity contribution in [3.8, 4) is 0 Å². The van der Waals surface area contributed by atoms with E-state index in [4.69, 9.17) is 4.74 Å². The van der Waals surface area contributed by atoms with E-state index in [0.717, 1.165) is 0 Å². The summed E-state index contributed by atoms with van der Waals surface area (Å²) in [7, 11) is 0. The van der Waals surface area contributed by atoms with Crippen molar-refractivity contribution < 1.29 is 9.53 Å². The van der Waals surface area contributed by atoms with Crippen molar-refractivity contribution in [1.29, 1.82) is 0 Å². The molecule has 1 saturated carbocycles. The average molecular weight is 127 g/mol. The van der Waals surface area contributed by atoms with Crippen LogP contribution in [0.25, 0.3) is 0 Å². The SMILES string of the molecule is CC(=O)OC1NC2CC21. The van der Waals surface area contributed by atoms with Gasteiger partial charge in [-0.2, -0.15) is 0 Å². The molecule has 3 nitrogen and oxygen atoms in total. The zero-order chi connectivity index (χ0) is 6.43. The third kappa shape index (κ3) is 0.721. The van der Waals surface area contributed by atoms with Gasteiger partial charge in [-0.15, -0.1) is 0 Å². The number of hydrogen-bond donors (Lipinski definition) is 1. The number of nitrogens with one attached hydrogen (secondary N) is 1. The van der Waals surface area contributed by atoms with Crippen LogP contribution in [0.2, 0.25) is 0 Å². The number of carbonyl (C=O) groups excluding carboxylic acids is 1. The van der Waals surface area contributed by atoms with Crippen LogP contribution < -0.4 is 5.32 Å². The van der Waals surface area contributed by atoms with Crippen molar-refractivity contribution in [2.24, 2.45) is 5.92 Å². The molecule has 3 heteroatoms. The van der Waals surface area contributed by atoms with Gasteiger partial charge in [-0.3, -0.25) is 10.1 Å². The normalized spacial score (nSPS) is 44.8. The fourth-order valence-electron chi connectivity index (χ4n) is 1.26. The minimum atomic E-state index is -0.183. The van der Waals surface area contributed by atoms with Crippen LogP contribution in [-0.2, 0) is 9.53 Å². The topological polar surface area (TPSA) is 38.3 Å². The Bertz CT molecular complexity index is 157. The lowest BCUT2D eigenvalue weighted by Crippen LogP contribution is -2.47. The molecule has 0 bridgehead atoms. The summed E-state index contributed by atoms with van der Waals surface area (Å²) in [6.07, 6.45) is 1.24. The molecule has 0 spiro atoms. The van der Waals surface area contributed by atoms with E-state index in [9.17, 15) is 4.79 Å². The van der Waals surface area contributed by atoms with Crippen molar-refractivity contribution in [3.05, 3.63) is 0 Å². The highest BCUT2D eigenvalue weighted by molar-refractivity contribution is 5.66. The van der Waals surface area contributed by atoms with Crippen LogP contribution in [-0.4, -0.2) is 18.2 Å². The van der Waals surface area contributed by atoms with Crippen LogP contribution in [0.5, 0.6) is 0 Å². The lowest BCUT2D eigenvalue weighted by molar-refractivity contribution is -0.152. The highest BCUT2D eigenvalue weighted by atomic mass is 16.6. The smallest absolute Gasteiger partial charge is 0.304 e. The van der Waals surface area contributed by atoms with Crippen LogP contribution >= 0.6 is 0 Å². The first-order chi connectivity index (χ1) is 4.27. The van der Waals surface area contributed by atoms with E-state index in [1.165, 1.54) is 13.3 Å². The molecule has 3 unspecified atom stereocenters. The highest BCUT2D eigenvalue weighted by Gasteiger charge is 2.55. The van der Waals surface area contributed by atoms with Gasteiger partial charge in [0.1, 0.15) is 0 Å². The van der Waals surface area contributed by atoms with Crippen LogP contribution in [0.15, 0.2) is 0 Å². The molecule has 50 valence electrons. The largest absolute Gasteiger partial charge is 0.446 e. The summed E-state index contributed by atoms with van der Waals surface area (Å²) in [5, 5.41) is 3.11. The maximum atomic E-state index is 10.3. The predicted molar refractivity (Wildman–Crippen MR) is 30.6 cm³/mol. The van der Waals surface area contributed by atoms with Crippen molar-refractivity contribution in [2.45, 2.75) is 25.6 Å². The summed E-state index contributed by atoms with van der Waals surface area (Å²) in [5.41, 5.74) is 0. The van der Waals surface area contributed by atoms with E-state index in [1.54, 1.807) is 0 Å². The molecule has 2 fully saturated rings. The molecule has 0 amide bonds. The summed E-state index contributed by atoms with van der Waals surface area (Å²) >= 11 is 0. The van der Waals surface area contributed by atoms with Gasteiger partial charge in [-0.25, -0.2) is 0 Å². The Kier molecular flexibility index (Phi) is 0.858. The van der Waals surface area contributed by atoms with Gasteiger partial charge in [0.05, 0.1) is 0 Å². The van der Waals surface area contributed by atoms with Crippen LogP contribution in [0.4, 0.5) is 0 Å². The van der Waals surface area contributed by atoms with Crippen molar-refractivity contribution >= 4 is 5.97 Å². The van der Waals surface area contributed by atoms with E-state index >= 15 is 0 Å². The molecule has 0 radical (unpaired) electrons. The summed E-state index contributed by atoms with van der Waals surface area (Å²) in [4.78, 5) is 10.3. The van der Waals surface area contributed by atoms with Crippen molar-refractivity contribution in [3.63, 3.8) is 0 Å². The fourth-order valence-corrected chi connectivity index (χ4v) is 1.26. The Morgan fingerprint density at radius 3 is 2.89 bits per heavy atom. The number of esters is 1. The molecule has 2 aliphatic rings. The second-order valence-corrected chi connectivity index (χ2v) is 2.70. The third-order valence-corrected chi connectivity index (χ3v) is 1.90. The maximum Gasteiger partial charge on any atom is 0.304 e. The van der Waals surface area contributed by atoms with E-state index in [2.05, 4.69) is 5.32 Å². The first-order valence-corrected chi connectivity index (χ1v) is 3.20. The van der Waals surface area contributed by atoms with Crippen LogP contribution in [0, 0.1) is 5.92 Å². The number of fused-ring (bicyclic) bond motifs is 1. The molecule has 0 aromatic heterocycles. The summed E-state index contributed by atoms with van der Waals surface area (Å²) in [6.45, 7) is 1.44. The average Bonchev–Trinajstić information content (AvgIpc) is 2.35. The van der Waals surface area contributed by atoms with Crippen molar-refractivity contribution in [2.75, 3.05) is 0 Å². The minimum absolute atomic E-state index is 0.0486. The number of ether oxygens (including phenoxy) is 1. The zero-order valence-electron chi connectivity index (χ0n) is 5.26. The molecule has 3 atom stereocenters. The molecule has 1 heterocycles. The Morgan fingerprint density at radius 1 is 1.78 bits per heavy atom.